The van der Waals surface area contributed by atoms with Crippen LogP contribution in [0.3, 0.4) is 0 Å². The van der Waals surface area contributed by atoms with Gasteiger partial charge in [0.05, 0.1) is 17.2 Å². The molecule has 2 fully saturated rings. The number of nitrogens with one attached hydrogen (secondary N) is 1. The Labute approximate surface area is 208 Å². The average Bonchev–Trinajstić information content (AvgIpc) is 3.39. The van der Waals surface area contributed by atoms with Crippen molar-refractivity contribution in [3.63, 3.8) is 0 Å². The van der Waals surface area contributed by atoms with Gasteiger partial charge in [-0.05, 0) is 55.5 Å². The van der Waals surface area contributed by atoms with Crippen molar-refractivity contribution < 1.29 is 14.6 Å². The van der Waals surface area contributed by atoms with Gasteiger partial charge in [-0.2, -0.15) is 0 Å². The molecule has 1 saturated carbocycles. The Morgan fingerprint density at radius 2 is 2.11 bits per heavy atom. The van der Waals surface area contributed by atoms with E-state index in [1.54, 1.807) is 0 Å². The van der Waals surface area contributed by atoms with Gasteiger partial charge in [0.1, 0.15) is 0 Å². The number of ether oxygens (including phenoxy) is 1. The van der Waals surface area contributed by atoms with E-state index in [-0.39, 0.29) is 5.91 Å². The molecule has 2 aliphatic heterocycles. The average molecular weight is 489 g/mol. The standard InChI is InChI=1S/C27H28N4O3S/c32-26(29-19-8-9-19)23-14-18-10-12-31(22-6-2-1-4-20(22)25(18)35-23)27(33)21-5-3-7-24(30-21)28-15-17-11-13-34-16-17/h1-7,14-15,17,19,27,33H,8-13,16H2,(H,29,32). The van der Waals surface area contributed by atoms with Gasteiger partial charge in [-0.3, -0.25) is 4.79 Å². The first-order valence-electron chi connectivity index (χ1n) is 12.2. The lowest BCUT2D eigenvalue weighted by Gasteiger charge is -2.30. The van der Waals surface area contributed by atoms with Crippen LogP contribution in [0, 0.1) is 5.92 Å². The number of carbonyl (C=O) groups is 1. The van der Waals surface area contributed by atoms with Crippen molar-refractivity contribution in [3.8, 4) is 10.4 Å². The van der Waals surface area contributed by atoms with E-state index in [0.717, 1.165) is 58.9 Å². The Balaban J connectivity index is 1.27. The largest absolute Gasteiger partial charge is 0.381 e. The number of para-hydroxylation sites is 1. The van der Waals surface area contributed by atoms with Crippen molar-refractivity contribution in [2.45, 2.75) is 38.0 Å². The highest BCUT2D eigenvalue weighted by Crippen LogP contribution is 2.43. The van der Waals surface area contributed by atoms with Crippen molar-refractivity contribution in [2.24, 2.45) is 10.9 Å². The lowest BCUT2D eigenvalue weighted by atomic mass is 10.1. The first kappa shape index (κ1) is 22.4. The highest BCUT2D eigenvalue weighted by atomic mass is 32.1. The Morgan fingerprint density at radius 3 is 2.94 bits per heavy atom. The van der Waals surface area contributed by atoms with Gasteiger partial charge >= 0.3 is 0 Å². The molecule has 3 aliphatic rings. The number of nitrogens with zero attached hydrogens (tertiary/aromatic N) is 3. The van der Waals surface area contributed by atoms with Crippen LogP contribution in [0.5, 0.6) is 0 Å². The molecule has 180 valence electrons. The maximum absolute atomic E-state index is 12.7. The second-order valence-corrected chi connectivity index (χ2v) is 10.4. The topological polar surface area (TPSA) is 87.1 Å². The van der Waals surface area contributed by atoms with E-state index in [9.17, 15) is 9.90 Å². The molecule has 0 spiro atoms. The fourth-order valence-electron chi connectivity index (χ4n) is 4.64. The number of hydrogen-bond acceptors (Lipinski definition) is 7. The molecule has 1 amide bonds. The Morgan fingerprint density at radius 1 is 1.23 bits per heavy atom. The Bertz CT molecular complexity index is 1260. The summed E-state index contributed by atoms with van der Waals surface area (Å²) in [5.41, 5.74) is 3.67. The number of anilines is 1. The monoisotopic (exact) mass is 488 g/mol. The van der Waals surface area contributed by atoms with Crippen LogP contribution in [0.4, 0.5) is 11.5 Å². The third-order valence-electron chi connectivity index (χ3n) is 6.72. The second kappa shape index (κ2) is 9.53. The minimum absolute atomic E-state index is 0.0191. The number of rotatable bonds is 6. The fourth-order valence-corrected chi connectivity index (χ4v) is 5.78. The summed E-state index contributed by atoms with van der Waals surface area (Å²) in [7, 11) is 0. The number of fused-ring (bicyclic) bond motifs is 3. The molecule has 2 aromatic heterocycles. The van der Waals surface area contributed by atoms with Crippen molar-refractivity contribution in [1.82, 2.24) is 10.3 Å². The predicted molar refractivity (Wildman–Crippen MR) is 138 cm³/mol. The van der Waals surface area contributed by atoms with Crippen LogP contribution < -0.4 is 10.2 Å². The number of aromatic nitrogens is 1. The zero-order valence-corrected chi connectivity index (χ0v) is 20.2. The van der Waals surface area contributed by atoms with Crippen molar-refractivity contribution in [2.75, 3.05) is 24.7 Å². The number of carbonyl (C=O) groups excluding carboxylic acids is 1. The lowest BCUT2D eigenvalue weighted by molar-refractivity contribution is 0.0955. The van der Waals surface area contributed by atoms with Crippen molar-refractivity contribution in [3.05, 3.63) is 64.7 Å². The third-order valence-corrected chi connectivity index (χ3v) is 7.93. The summed E-state index contributed by atoms with van der Waals surface area (Å²) in [6.45, 7) is 2.08. The predicted octanol–water partition coefficient (Wildman–Crippen LogP) is 4.49. The van der Waals surface area contributed by atoms with Crippen LogP contribution in [0.25, 0.3) is 10.4 Å². The molecule has 35 heavy (non-hydrogen) atoms. The van der Waals surface area contributed by atoms with Crippen LogP contribution in [0.15, 0.2) is 53.5 Å². The first-order chi connectivity index (χ1) is 17.2. The van der Waals surface area contributed by atoms with E-state index >= 15 is 0 Å². The number of hydrogen-bond donors (Lipinski definition) is 2. The molecule has 1 aliphatic carbocycles. The van der Waals surface area contributed by atoms with Gasteiger partial charge in [-0.25, -0.2) is 9.98 Å². The fraction of sp³-hybridized carbons (Fsp3) is 0.370. The number of pyridine rings is 1. The minimum Gasteiger partial charge on any atom is -0.381 e. The number of aliphatic imine (C=N–C) groups is 1. The first-order valence-corrected chi connectivity index (χ1v) is 13.0. The summed E-state index contributed by atoms with van der Waals surface area (Å²) in [5, 5.41) is 14.5. The molecule has 7 nitrogen and oxygen atoms in total. The number of aliphatic hydroxyl groups is 1. The van der Waals surface area contributed by atoms with Crippen molar-refractivity contribution >= 4 is 35.0 Å². The van der Waals surface area contributed by atoms with Crippen molar-refractivity contribution in [1.29, 1.82) is 0 Å². The van der Waals surface area contributed by atoms with Gasteiger partial charge in [0.2, 0.25) is 0 Å². The molecule has 1 aromatic carbocycles. The summed E-state index contributed by atoms with van der Waals surface area (Å²) in [6, 6.07) is 16.0. The Kier molecular flexibility index (Phi) is 6.10. The molecule has 2 N–H and O–H groups in total. The zero-order valence-electron chi connectivity index (χ0n) is 19.4. The molecule has 2 atom stereocenters. The van der Waals surface area contributed by atoms with Crippen LogP contribution in [0.1, 0.15) is 46.4 Å². The van der Waals surface area contributed by atoms with Gasteiger partial charge in [0.25, 0.3) is 5.91 Å². The molecular formula is C27H28N4O3S. The van der Waals surface area contributed by atoms with Gasteiger partial charge in [-0.15, -0.1) is 11.3 Å². The van der Waals surface area contributed by atoms with Crippen LogP contribution >= 0.6 is 11.3 Å². The SMILES string of the molecule is O=C(NC1CC1)c1cc2c(s1)-c1ccccc1N(C(O)c1cccc(N=CC3CCOC3)n1)CC2. The van der Waals surface area contributed by atoms with Gasteiger partial charge in [0, 0.05) is 47.5 Å². The Hall–Kier alpha value is -3.07. The number of benzene rings is 1. The molecule has 2 unspecified atom stereocenters. The highest BCUT2D eigenvalue weighted by Gasteiger charge is 2.29. The van der Waals surface area contributed by atoms with E-state index < -0.39 is 6.23 Å². The molecule has 8 heteroatoms. The number of thiophene rings is 1. The molecule has 0 bridgehead atoms. The molecule has 0 radical (unpaired) electrons. The van der Waals surface area contributed by atoms with Gasteiger partial charge in [-0.1, -0.05) is 24.3 Å². The van der Waals surface area contributed by atoms with Crippen LogP contribution in [0.2, 0.25) is 0 Å². The lowest BCUT2D eigenvalue weighted by Crippen LogP contribution is -2.30. The summed E-state index contributed by atoms with van der Waals surface area (Å²) in [4.78, 5) is 25.7. The van der Waals surface area contributed by atoms with Crippen LogP contribution in [-0.4, -0.2) is 48.0 Å². The van der Waals surface area contributed by atoms with E-state index in [1.165, 1.54) is 11.3 Å². The van der Waals surface area contributed by atoms with Crippen LogP contribution in [-0.2, 0) is 11.2 Å². The maximum Gasteiger partial charge on any atom is 0.261 e. The van der Waals surface area contributed by atoms with Gasteiger partial charge < -0.3 is 20.1 Å². The third kappa shape index (κ3) is 4.74. The molecular weight excluding hydrogens is 460 g/mol. The normalized spacial score (nSPS) is 20.4. The molecule has 6 rings (SSSR count). The van der Waals surface area contributed by atoms with Gasteiger partial charge in [0.15, 0.2) is 12.0 Å². The molecule has 3 aromatic rings. The summed E-state index contributed by atoms with van der Waals surface area (Å²) < 4.78 is 5.41. The quantitative estimate of drug-likeness (QED) is 0.499. The number of amides is 1. The van der Waals surface area contributed by atoms with E-state index in [0.29, 0.717) is 36.6 Å². The summed E-state index contributed by atoms with van der Waals surface area (Å²) >= 11 is 1.53. The minimum atomic E-state index is -0.909. The smallest absolute Gasteiger partial charge is 0.261 e. The number of aliphatic hydroxyl groups excluding tert-OH is 1. The van der Waals surface area contributed by atoms with E-state index in [4.69, 9.17) is 4.74 Å². The highest BCUT2D eigenvalue weighted by molar-refractivity contribution is 7.17. The summed E-state index contributed by atoms with van der Waals surface area (Å²) in [5.74, 6) is 0.922. The summed E-state index contributed by atoms with van der Waals surface area (Å²) in [6.07, 6.45) is 4.84. The van der Waals surface area contributed by atoms with E-state index in [2.05, 4.69) is 21.4 Å². The second-order valence-electron chi connectivity index (χ2n) is 9.37. The molecule has 4 heterocycles. The van der Waals surface area contributed by atoms with E-state index in [1.807, 2.05) is 53.6 Å². The zero-order chi connectivity index (χ0) is 23.8. The molecule has 1 saturated heterocycles. The maximum atomic E-state index is 12.7.